The number of unbranched alkanes of at least 4 members (excludes halogenated alkanes) is 3. The van der Waals surface area contributed by atoms with Crippen LogP contribution in [-0.2, 0) is 9.53 Å². The lowest BCUT2D eigenvalue weighted by Crippen LogP contribution is -2.09. The van der Waals surface area contributed by atoms with Crippen molar-refractivity contribution in [1.29, 1.82) is 5.41 Å². The van der Waals surface area contributed by atoms with Gasteiger partial charge in [-0.25, -0.2) is 9.59 Å². The zero-order chi connectivity index (χ0) is 23.3. The van der Waals surface area contributed by atoms with E-state index in [2.05, 4.69) is 6.58 Å². The van der Waals surface area contributed by atoms with Crippen LogP contribution in [0.5, 0.6) is 17.2 Å². The van der Waals surface area contributed by atoms with Gasteiger partial charge in [-0.1, -0.05) is 6.58 Å². The Morgan fingerprint density at radius 2 is 1.62 bits per heavy atom. The molecule has 32 heavy (non-hydrogen) atoms. The zero-order valence-electron chi connectivity index (χ0n) is 18.5. The van der Waals surface area contributed by atoms with Crippen molar-refractivity contribution in [1.82, 2.24) is 0 Å². The fourth-order valence-corrected chi connectivity index (χ4v) is 2.88. The number of benzene rings is 2. The van der Waals surface area contributed by atoms with Crippen molar-refractivity contribution >= 4 is 17.7 Å². The summed E-state index contributed by atoms with van der Waals surface area (Å²) in [6.45, 7) is 5.96. The first-order chi connectivity index (χ1) is 15.4. The van der Waals surface area contributed by atoms with Crippen LogP contribution in [0.4, 0.5) is 0 Å². The van der Waals surface area contributed by atoms with Crippen LogP contribution in [-0.4, -0.2) is 38.0 Å². The van der Waals surface area contributed by atoms with E-state index in [4.69, 9.17) is 24.4 Å². The molecule has 0 fully saturated rings. The van der Waals surface area contributed by atoms with Crippen molar-refractivity contribution in [2.24, 2.45) is 0 Å². The molecular formula is C25H29NO6. The number of carbonyl (C=O) groups excluding carboxylic acids is 2. The Hall–Kier alpha value is -3.61. The third kappa shape index (κ3) is 7.91. The minimum absolute atomic E-state index is 0.317. The average Bonchev–Trinajstić information content (AvgIpc) is 2.80. The highest BCUT2D eigenvalue weighted by molar-refractivity contribution is 5.99. The molecule has 1 N–H and O–H groups in total. The van der Waals surface area contributed by atoms with Gasteiger partial charge in [-0.05, 0) is 75.1 Å². The van der Waals surface area contributed by atoms with Gasteiger partial charge in [-0.3, -0.25) is 0 Å². The molecule has 0 spiro atoms. The second kappa shape index (κ2) is 12.9. The van der Waals surface area contributed by atoms with Crippen molar-refractivity contribution in [3.8, 4) is 17.2 Å². The predicted molar refractivity (Wildman–Crippen MR) is 122 cm³/mol. The van der Waals surface area contributed by atoms with Crippen LogP contribution in [0.2, 0.25) is 0 Å². The molecular weight excluding hydrogens is 410 g/mol. The number of ether oxygens (including phenoxy) is 4. The Bertz CT molecular complexity index is 936. The van der Waals surface area contributed by atoms with E-state index in [9.17, 15) is 9.59 Å². The molecule has 7 heteroatoms. The molecule has 0 heterocycles. The Labute approximate surface area is 188 Å². The van der Waals surface area contributed by atoms with E-state index in [0.717, 1.165) is 31.8 Å². The molecule has 0 bridgehead atoms. The van der Waals surface area contributed by atoms with Crippen LogP contribution in [0.3, 0.4) is 0 Å². The van der Waals surface area contributed by atoms with E-state index in [1.165, 1.54) is 7.11 Å². The molecule has 0 unspecified atom stereocenters. The summed E-state index contributed by atoms with van der Waals surface area (Å²) in [6.07, 6.45) is 4.77. The van der Waals surface area contributed by atoms with Gasteiger partial charge in [-0.15, -0.1) is 0 Å². The number of nitrogens with one attached hydrogen (secondary N) is 1. The van der Waals surface area contributed by atoms with E-state index in [0.29, 0.717) is 47.3 Å². The second-order valence-corrected chi connectivity index (χ2v) is 7.04. The van der Waals surface area contributed by atoms with Gasteiger partial charge in [0.2, 0.25) is 0 Å². The van der Waals surface area contributed by atoms with Gasteiger partial charge in [0.1, 0.15) is 17.2 Å². The molecule has 0 aliphatic rings. The van der Waals surface area contributed by atoms with Crippen molar-refractivity contribution in [3.05, 3.63) is 66.2 Å². The molecule has 2 aromatic carbocycles. The summed E-state index contributed by atoms with van der Waals surface area (Å²) < 4.78 is 21.3. The molecule has 0 aliphatic carbocycles. The van der Waals surface area contributed by atoms with Gasteiger partial charge < -0.3 is 24.4 Å². The van der Waals surface area contributed by atoms with Crippen LogP contribution >= 0.6 is 0 Å². The van der Waals surface area contributed by atoms with Crippen LogP contribution in [0, 0.1) is 5.41 Å². The van der Waals surface area contributed by atoms with Gasteiger partial charge in [0, 0.05) is 17.4 Å². The van der Waals surface area contributed by atoms with E-state index in [1.54, 1.807) is 49.4 Å². The summed E-state index contributed by atoms with van der Waals surface area (Å²) in [7, 11) is 1.53. The van der Waals surface area contributed by atoms with E-state index < -0.39 is 11.9 Å². The van der Waals surface area contributed by atoms with Crippen LogP contribution < -0.4 is 14.2 Å². The zero-order valence-corrected chi connectivity index (χ0v) is 18.5. The number of carbonyl (C=O) groups is 2. The standard InChI is InChI=1S/C25H29NO6/c1-4-24(27)31-16-8-6-5-7-15-30-20-11-9-19(10-12-20)25(28)32-21-13-14-23(29-3)22(17-21)18(2)26/h4,9-14,17,26H,1,5-8,15-16H2,2-3H3. The Kier molecular flexibility index (Phi) is 9.97. The summed E-state index contributed by atoms with van der Waals surface area (Å²) in [4.78, 5) is 23.3. The summed E-state index contributed by atoms with van der Waals surface area (Å²) in [5.74, 6) is 0.683. The normalized spacial score (nSPS) is 10.2. The molecule has 0 saturated carbocycles. The van der Waals surface area contributed by atoms with Crippen molar-refractivity contribution in [2.75, 3.05) is 20.3 Å². The van der Waals surface area contributed by atoms with Crippen molar-refractivity contribution < 1.29 is 28.5 Å². The molecule has 0 saturated heterocycles. The number of hydrogen-bond donors (Lipinski definition) is 1. The summed E-state index contributed by atoms with van der Waals surface area (Å²) in [5.41, 5.74) is 1.28. The minimum atomic E-state index is -0.493. The molecule has 0 amide bonds. The quantitative estimate of drug-likeness (QED) is 0.156. The number of esters is 2. The Balaban J connectivity index is 1.76. The first-order valence-corrected chi connectivity index (χ1v) is 10.4. The molecule has 7 nitrogen and oxygen atoms in total. The molecule has 2 aromatic rings. The fourth-order valence-electron chi connectivity index (χ4n) is 2.88. The topological polar surface area (TPSA) is 94.9 Å². The summed E-state index contributed by atoms with van der Waals surface area (Å²) in [5, 5.41) is 7.83. The van der Waals surface area contributed by atoms with Gasteiger partial charge in [0.25, 0.3) is 0 Å². The first-order valence-electron chi connectivity index (χ1n) is 10.4. The van der Waals surface area contributed by atoms with Crippen LogP contribution in [0.1, 0.15) is 48.5 Å². The van der Waals surface area contributed by atoms with Gasteiger partial charge in [-0.2, -0.15) is 0 Å². The molecule has 2 rings (SSSR count). The number of hydrogen-bond acceptors (Lipinski definition) is 7. The molecule has 0 radical (unpaired) electrons. The lowest BCUT2D eigenvalue weighted by Gasteiger charge is -2.11. The highest BCUT2D eigenvalue weighted by atomic mass is 16.5. The third-order valence-electron chi connectivity index (χ3n) is 4.59. The minimum Gasteiger partial charge on any atom is -0.496 e. The lowest BCUT2D eigenvalue weighted by molar-refractivity contribution is -0.137. The third-order valence-corrected chi connectivity index (χ3v) is 4.59. The summed E-state index contributed by atoms with van der Waals surface area (Å²) >= 11 is 0. The van der Waals surface area contributed by atoms with E-state index in [1.807, 2.05) is 0 Å². The lowest BCUT2D eigenvalue weighted by atomic mass is 10.1. The van der Waals surface area contributed by atoms with E-state index >= 15 is 0 Å². The highest BCUT2D eigenvalue weighted by Crippen LogP contribution is 2.25. The van der Waals surface area contributed by atoms with Gasteiger partial charge in [0.05, 0.1) is 25.9 Å². The highest BCUT2D eigenvalue weighted by Gasteiger charge is 2.12. The number of rotatable bonds is 13. The maximum atomic E-state index is 12.4. The predicted octanol–water partition coefficient (Wildman–Crippen LogP) is 4.97. The van der Waals surface area contributed by atoms with Crippen LogP contribution in [0.15, 0.2) is 55.1 Å². The smallest absolute Gasteiger partial charge is 0.343 e. The van der Waals surface area contributed by atoms with Crippen LogP contribution in [0.25, 0.3) is 0 Å². The molecule has 170 valence electrons. The van der Waals surface area contributed by atoms with E-state index in [-0.39, 0.29) is 0 Å². The van der Waals surface area contributed by atoms with Crippen molar-refractivity contribution in [3.63, 3.8) is 0 Å². The van der Waals surface area contributed by atoms with Gasteiger partial charge in [0.15, 0.2) is 0 Å². The maximum Gasteiger partial charge on any atom is 0.343 e. The monoisotopic (exact) mass is 439 g/mol. The maximum absolute atomic E-state index is 12.4. The molecule has 0 atom stereocenters. The average molecular weight is 440 g/mol. The Morgan fingerprint density at radius 3 is 2.25 bits per heavy atom. The van der Waals surface area contributed by atoms with Gasteiger partial charge >= 0.3 is 11.9 Å². The Morgan fingerprint density at radius 1 is 0.969 bits per heavy atom. The molecule has 0 aromatic heterocycles. The second-order valence-electron chi connectivity index (χ2n) is 7.04. The largest absolute Gasteiger partial charge is 0.496 e. The molecule has 0 aliphatic heterocycles. The fraction of sp³-hybridized carbons (Fsp3) is 0.320. The SMILES string of the molecule is C=CC(=O)OCCCCCCOc1ccc(C(=O)Oc2ccc(OC)c(C(C)=N)c2)cc1. The summed E-state index contributed by atoms with van der Waals surface area (Å²) in [6, 6.07) is 11.7. The first kappa shape index (κ1) is 24.7. The van der Waals surface area contributed by atoms with Crippen molar-refractivity contribution in [2.45, 2.75) is 32.6 Å². The number of methoxy groups -OCH3 is 1.